The van der Waals surface area contributed by atoms with Crippen molar-refractivity contribution in [1.29, 1.82) is 0 Å². The lowest BCUT2D eigenvalue weighted by molar-refractivity contribution is 0.253. The van der Waals surface area contributed by atoms with E-state index in [1.165, 1.54) is 11.3 Å². The van der Waals surface area contributed by atoms with Crippen molar-refractivity contribution in [3.8, 4) is 0 Å². The zero-order valence-electron chi connectivity index (χ0n) is 18.5. The average molecular weight is 520 g/mol. The van der Waals surface area contributed by atoms with Crippen molar-refractivity contribution < 1.29 is 8.42 Å². The monoisotopic (exact) mass is 519 g/mol. The third-order valence-electron chi connectivity index (χ3n) is 6.16. The summed E-state index contributed by atoms with van der Waals surface area (Å²) in [5, 5.41) is 1.44. The molecule has 8 nitrogen and oxygen atoms in total. The average Bonchev–Trinajstić information content (AvgIpc) is 3.42. The second-order valence-corrected chi connectivity index (χ2v) is 12.0. The number of hydrogen-bond acceptors (Lipinski definition) is 6. The largest absolute Gasteiger partial charge is 0.367 e. The van der Waals surface area contributed by atoms with Crippen LogP contribution in [0.3, 0.4) is 0 Å². The highest BCUT2D eigenvalue weighted by Crippen LogP contribution is 2.30. The second-order valence-electron chi connectivity index (χ2n) is 8.46. The zero-order valence-corrected chi connectivity index (χ0v) is 20.9. The van der Waals surface area contributed by atoms with Crippen molar-refractivity contribution in [2.75, 3.05) is 44.2 Å². The summed E-state index contributed by atoms with van der Waals surface area (Å²) in [6.45, 7) is 4.98. The molecule has 0 saturated carbocycles. The molecule has 180 valence electrons. The van der Waals surface area contributed by atoms with Gasteiger partial charge in [0.05, 0.1) is 16.7 Å². The summed E-state index contributed by atoms with van der Waals surface area (Å²) >= 11 is 7.26. The number of aromatic nitrogens is 2. The fourth-order valence-corrected chi connectivity index (χ4v) is 7.06. The molecule has 2 aromatic carbocycles. The highest BCUT2D eigenvalue weighted by molar-refractivity contribution is 7.91. The van der Waals surface area contributed by atoms with Gasteiger partial charge in [-0.2, -0.15) is 0 Å². The molecule has 0 radical (unpaired) electrons. The van der Waals surface area contributed by atoms with Crippen LogP contribution in [0.4, 0.5) is 5.69 Å². The summed E-state index contributed by atoms with van der Waals surface area (Å²) in [5.74, 6) is 0. The number of H-pyrrole nitrogens is 2. The molecule has 11 heteroatoms. The van der Waals surface area contributed by atoms with Crippen LogP contribution in [-0.2, 0) is 10.0 Å². The van der Waals surface area contributed by atoms with Gasteiger partial charge >= 0.3 is 5.69 Å². The molecule has 1 aliphatic heterocycles. The first-order chi connectivity index (χ1) is 16.4. The normalized spacial score (nSPS) is 15.5. The van der Waals surface area contributed by atoms with E-state index in [1.807, 2.05) is 24.3 Å². The maximum Gasteiger partial charge on any atom is 0.323 e. The first kappa shape index (κ1) is 23.4. The summed E-state index contributed by atoms with van der Waals surface area (Å²) < 4.78 is 29.2. The lowest BCUT2D eigenvalue weighted by Crippen LogP contribution is -2.46. The van der Waals surface area contributed by atoms with Crippen molar-refractivity contribution in [1.82, 2.24) is 19.6 Å². The Labute approximate surface area is 206 Å². The van der Waals surface area contributed by atoms with Gasteiger partial charge in [-0.1, -0.05) is 17.7 Å². The Morgan fingerprint density at radius 1 is 1.03 bits per heavy atom. The molecule has 1 saturated heterocycles. The molecule has 0 spiro atoms. The SMILES string of the molecule is O=c1[nH]c2cccc(N3CCN(CCCCNS(=O)(=O)c4cc5cc(Cl)ccc5s4)CC3)c2[nH]1. The first-order valence-corrected chi connectivity index (χ1v) is 13.9. The topological polar surface area (TPSA) is 101 Å². The van der Waals surface area contributed by atoms with Crippen LogP contribution in [0.25, 0.3) is 21.1 Å². The maximum absolute atomic E-state index is 12.6. The molecule has 0 bridgehead atoms. The summed E-state index contributed by atoms with van der Waals surface area (Å²) in [6, 6.07) is 13.0. The van der Waals surface area contributed by atoms with Crippen LogP contribution in [0.1, 0.15) is 12.8 Å². The predicted molar refractivity (Wildman–Crippen MR) is 139 cm³/mol. The van der Waals surface area contributed by atoms with Gasteiger partial charge in [0.15, 0.2) is 0 Å². The molecule has 0 aliphatic carbocycles. The predicted octanol–water partition coefficient (Wildman–Crippen LogP) is 3.61. The smallest absolute Gasteiger partial charge is 0.323 e. The number of rotatable bonds is 8. The van der Waals surface area contributed by atoms with Crippen LogP contribution in [0.2, 0.25) is 5.02 Å². The number of hydrogen-bond donors (Lipinski definition) is 3. The summed E-state index contributed by atoms with van der Waals surface area (Å²) in [4.78, 5) is 22.1. The van der Waals surface area contributed by atoms with Crippen LogP contribution in [0.15, 0.2) is 51.5 Å². The van der Waals surface area contributed by atoms with E-state index in [1.54, 1.807) is 18.2 Å². The number of thiophene rings is 1. The summed E-state index contributed by atoms with van der Waals surface area (Å²) in [7, 11) is -3.52. The van der Waals surface area contributed by atoms with Crippen molar-refractivity contribution in [3.63, 3.8) is 0 Å². The number of sulfonamides is 1. The van der Waals surface area contributed by atoms with Gasteiger partial charge in [-0.3, -0.25) is 4.90 Å². The number of imidazole rings is 1. The Balaban J connectivity index is 1.07. The minimum Gasteiger partial charge on any atom is -0.367 e. The number of nitrogens with one attached hydrogen (secondary N) is 3. The van der Waals surface area contributed by atoms with Crippen LogP contribution >= 0.6 is 22.9 Å². The molecular weight excluding hydrogens is 494 g/mol. The van der Waals surface area contributed by atoms with Crippen molar-refractivity contribution >= 4 is 59.8 Å². The fraction of sp³-hybridized carbons (Fsp3) is 0.348. The number of aromatic amines is 2. The number of benzene rings is 2. The van der Waals surface area contributed by atoms with Crippen molar-refractivity contribution in [2.24, 2.45) is 0 Å². The molecule has 0 atom stereocenters. The molecule has 0 amide bonds. The number of para-hydroxylation sites is 1. The molecule has 3 N–H and O–H groups in total. The lowest BCUT2D eigenvalue weighted by atomic mass is 10.2. The van der Waals surface area contributed by atoms with Crippen molar-refractivity contribution in [3.05, 3.63) is 58.0 Å². The number of fused-ring (bicyclic) bond motifs is 2. The number of anilines is 1. The van der Waals surface area contributed by atoms with E-state index in [0.29, 0.717) is 15.8 Å². The quantitative estimate of drug-likeness (QED) is 0.309. The molecular formula is C23H26ClN5O3S2. The van der Waals surface area contributed by atoms with Gasteiger partial charge in [-0.05, 0) is 61.2 Å². The molecule has 0 unspecified atom stereocenters. The van der Waals surface area contributed by atoms with E-state index in [-0.39, 0.29) is 5.69 Å². The minimum atomic E-state index is -3.52. The third-order valence-corrected chi connectivity index (χ3v) is 9.44. The van der Waals surface area contributed by atoms with E-state index in [4.69, 9.17) is 11.6 Å². The number of halogens is 1. The van der Waals surface area contributed by atoms with Crippen LogP contribution in [0, 0.1) is 0 Å². The lowest BCUT2D eigenvalue weighted by Gasteiger charge is -2.36. The highest BCUT2D eigenvalue weighted by Gasteiger charge is 2.20. The van der Waals surface area contributed by atoms with E-state index >= 15 is 0 Å². The molecule has 34 heavy (non-hydrogen) atoms. The molecule has 2 aromatic heterocycles. The van der Waals surface area contributed by atoms with Gasteiger partial charge in [-0.15, -0.1) is 11.3 Å². The Morgan fingerprint density at radius 3 is 2.68 bits per heavy atom. The molecule has 1 aliphatic rings. The van der Waals surface area contributed by atoms with Gasteiger partial charge < -0.3 is 14.9 Å². The maximum atomic E-state index is 12.6. The first-order valence-electron chi connectivity index (χ1n) is 11.3. The second kappa shape index (κ2) is 9.71. The molecule has 4 aromatic rings. The fourth-order valence-electron chi connectivity index (χ4n) is 4.38. The van der Waals surface area contributed by atoms with Gasteiger partial charge in [0, 0.05) is 42.4 Å². The van der Waals surface area contributed by atoms with Crippen molar-refractivity contribution in [2.45, 2.75) is 17.1 Å². The van der Waals surface area contributed by atoms with E-state index in [0.717, 1.165) is 72.4 Å². The van der Waals surface area contributed by atoms with Gasteiger partial charge in [0.1, 0.15) is 4.21 Å². The summed E-state index contributed by atoms with van der Waals surface area (Å²) in [5.41, 5.74) is 2.55. The van der Waals surface area contributed by atoms with Crippen LogP contribution < -0.4 is 15.3 Å². The Bertz CT molecular complexity index is 1470. The Hall–Kier alpha value is -2.37. The Kier molecular flexibility index (Phi) is 6.67. The number of nitrogens with zero attached hydrogens (tertiary/aromatic N) is 2. The molecule has 3 heterocycles. The third kappa shape index (κ3) is 5.01. The zero-order chi connectivity index (χ0) is 23.7. The summed E-state index contributed by atoms with van der Waals surface area (Å²) in [6.07, 6.45) is 1.70. The Morgan fingerprint density at radius 2 is 1.85 bits per heavy atom. The number of piperazine rings is 1. The van der Waals surface area contributed by atoms with E-state index in [9.17, 15) is 13.2 Å². The highest BCUT2D eigenvalue weighted by atomic mass is 35.5. The van der Waals surface area contributed by atoms with Gasteiger partial charge in [0.25, 0.3) is 0 Å². The molecule has 5 rings (SSSR count). The van der Waals surface area contributed by atoms with E-state index < -0.39 is 10.0 Å². The standard InChI is InChI=1S/C23H26ClN5O3S2/c24-17-6-7-20-16(14-17)15-21(33-20)34(31,32)25-8-1-2-9-28-10-12-29(13-11-28)19-5-3-4-18-22(19)27-23(30)26-18/h3-7,14-15,25H,1-2,8-13H2,(H2,26,27,30). The number of unbranched alkanes of at least 4 members (excludes halogenated alkanes) is 1. The van der Waals surface area contributed by atoms with Gasteiger partial charge in [-0.25, -0.2) is 17.9 Å². The van der Waals surface area contributed by atoms with E-state index in [2.05, 4.69) is 24.5 Å². The van der Waals surface area contributed by atoms with Gasteiger partial charge in [0.2, 0.25) is 10.0 Å². The molecule has 1 fully saturated rings. The van der Waals surface area contributed by atoms with Crippen LogP contribution in [-0.4, -0.2) is 62.6 Å². The van der Waals surface area contributed by atoms with Crippen LogP contribution in [0.5, 0.6) is 0 Å². The minimum absolute atomic E-state index is 0.187.